The van der Waals surface area contributed by atoms with Gasteiger partial charge in [0.1, 0.15) is 28.4 Å². The first kappa shape index (κ1) is 20.8. The molecule has 11 heteroatoms. The molecule has 0 bridgehead atoms. The number of carbonyl (C=O) groups excluding carboxylic acids is 1. The summed E-state index contributed by atoms with van der Waals surface area (Å²) in [7, 11) is 1.24. The summed E-state index contributed by atoms with van der Waals surface area (Å²) in [6.07, 6.45) is -4.93. The van der Waals surface area contributed by atoms with Crippen molar-refractivity contribution in [1.82, 2.24) is 15.0 Å². The van der Waals surface area contributed by atoms with E-state index < -0.39 is 34.1 Å². The van der Waals surface area contributed by atoms with Crippen LogP contribution >= 0.6 is 11.6 Å². The maximum Gasteiger partial charge on any atom is 0.420 e. The number of aromatic nitrogens is 3. The normalized spacial score (nSPS) is 12.3. The lowest BCUT2D eigenvalue weighted by Crippen LogP contribution is -2.37. The molecule has 3 aromatic rings. The summed E-state index contributed by atoms with van der Waals surface area (Å²) < 4.78 is 64.0. The van der Waals surface area contributed by atoms with E-state index in [4.69, 9.17) is 21.1 Å². The van der Waals surface area contributed by atoms with Crippen molar-refractivity contribution in [2.75, 3.05) is 7.11 Å². The standard InChI is InChI=1S/C18H14ClF4N3O3/c1-17(2,16(27)28-3)26-14-8-9(4-5-13(14)24-25-26)29-10-6-11(19)15(12(20)7-10)18(21,22)23/h4-8H,1-3H3. The molecule has 0 saturated heterocycles. The van der Waals surface area contributed by atoms with Gasteiger partial charge in [-0.1, -0.05) is 16.8 Å². The van der Waals surface area contributed by atoms with Gasteiger partial charge in [0.05, 0.1) is 17.6 Å². The Morgan fingerprint density at radius 1 is 1.14 bits per heavy atom. The highest BCUT2D eigenvalue weighted by Crippen LogP contribution is 2.39. The van der Waals surface area contributed by atoms with Gasteiger partial charge in [-0.3, -0.25) is 0 Å². The first-order chi connectivity index (χ1) is 13.4. The second-order valence-corrected chi connectivity index (χ2v) is 6.97. The van der Waals surface area contributed by atoms with Crippen LogP contribution in [0.25, 0.3) is 11.0 Å². The Morgan fingerprint density at radius 3 is 2.41 bits per heavy atom. The van der Waals surface area contributed by atoms with Crippen LogP contribution in [0.4, 0.5) is 17.6 Å². The first-order valence-corrected chi connectivity index (χ1v) is 8.51. The van der Waals surface area contributed by atoms with Crippen molar-refractivity contribution >= 4 is 28.6 Å². The number of hydrogen-bond donors (Lipinski definition) is 0. The van der Waals surface area contributed by atoms with Gasteiger partial charge < -0.3 is 9.47 Å². The minimum Gasteiger partial charge on any atom is -0.467 e. The molecule has 29 heavy (non-hydrogen) atoms. The molecule has 0 aliphatic rings. The molecule has 0 amide bonds. The highest BCUT2D eigenvalue weighted by atomic mass is 35.5. The monoisotopic (exact) mass is 431 g/mol. The van der Waals surface area contributed by atoms with Crippen molar-refractivity contribution in [2.24, 2.45) is 0 Å². The van der Waals surface area contributed by atoms with E-state index in [1.165, 1.54) is 30.0 Å². The predicted molar refractivity (Wildman–Crippen MR) is 95.4 cm³/mol. The number of carbonyl (C=O) groups is 1. The number of methoxy groups -OCH3 is 1. The molecule has 0 fully saturated rings. The van der Waals surface area contributed by atoms with E-state index in [1.54, 1.807) is 13.8 Å². The predicted octanol–water partition coefficient (Wildman–Crippen LogP) is 4.94. The fourth-order valence-corrected chi connectivity index (χ4v) is 3.03. The van der Waals surface area contributed by atoms with Crippen molar-refractivity contribution in [2.45, 2.75) is 25.6 Å². The largest absolute Gasteiger partial charge is 0.467 e. The van der Waals surface area contributed by atoms with Crippen LogP contribution < -0.4 is 4.74 Å². The van der Waals surface area contributed by atoms with Crippen LogP contribution in [0.1, 0.15) is 19.4 Å². The smallest absolute Gasteiger partial charge is 0.420 e. The van der Waals surface area contributed by atoms with Gasteiger partial charge in [-0.15, -0.1) is 5.10 Å². The molecule has 1 aromatic heterocycles. The maximum absolute atomic E-state index is 13.9. The fraction of sp³-hybridized carbons (Fsp3) is 0.278. The van der Waals surface area contributed by atoms with Gasteiger partial charge in [-0.05, 0) is 26.0 Å². The van der Waals surface area contributed by atoms with Crippen LogP contribution in [0.5, 0.6) is 11.5 Å². The molecule has 0 radical (unpaired) electrons. The summed E-state index contributed by atoms with van der Waals surface area (Å²) >= 11 is 5.58. The number of benzene rings is 2. The molecule has 6 nitrogen and oxygen atoms in total. The van der Waals surface area contributed by atoms with Crippen LogP contribution in [-0.2, 0) is 21.2 Å². The van der Waals surface area contributed by atoms with Gasteiger partial charge in [0.25, 0.3) is 0 Å². The third-order valence-electron chi connectivity index (χ3n) is 4.17. The van der Waals surface area contributed by atoms with E-state index in [0.29, 0.717) is 17.1 Å². The molecule has 0 N–H and O–H groups in total. The lowest BCUT2D eigenvalue weighted by molar-refractivity contribution is -0.149. The highest BCUT2D eigenvalue weighted by molar-refractivity contribution is 6.31. The van der Waals surface area contributed by atoms with Crippen molar-refractivity contribution in [3.63, 3.8) is 0 Å². The van der Waals surface area contributed by atoms with Crippen molar-refractivity contribution < 1.29 is 31.8 Å². The zero-order valence-corrected chi connectivity index (χ0v) is 16.1. The highest BCUT2D eigenvalue weighted by Gasteiger charge is 2.37. The molecular formula is C18H14ClF4N3O3. The number of alkyl halides is 3. The number of rotatable bonds is 4. The molecular weight excluding hydrogens is 418 g/mol. The van der Waals surface area contributed by atoms with Gasteiger partial charge >= 0.3 is 12.1 Å². The van der Waals surface area contributed by atoms with Gasteiger partial charge in [0.15, 0.2) is 5.54 Å². The van der Waals surface area contributed by atoms with Crippen molar-refractivity contribution in [1.29, 1.82) is 0 Å². The SMILES string of the molecule is COC(=O)C(C)(C)n1nnc2ccc(Oc3cc(F)c(C(F)(F)F)c(Cl)c3)cc21. The fourth-order valence-electron chi connectivity index (χ4n) is 2.73. The molecule has 3 rings (SSSR count). The molecule has 0 saturated carbocycles. The third kappa shape index (κ3) is 3.84. The van der Waals surface area contributed by atoms with Crippen molar-refractivity contribution in [3.8, 4) is 11.5 Å². The van der Waals surface area contributed by atoms with Gasteiger partial charge in [-0.2, -0.15) is 13.2 Å². The minimum atomic E-state index is -4.93. The molecule has 2 aromatic carbocycles. The van der Waals surface area contributed by atoms with Crippen LogP contribution in [0.15, 0.2) is 30.3 Å². The van der Waals surface area contributed by atoms with Crippen molar-refractivity contribution in [3.05, 3.63) is 46.7 Å². The minimum absolute atomic E-state index is 0.150. The number of ether oxygens (including phenoxy) is 2. The van der Waals surface area contributed by atoms with Crippen LogP contribution in [0.3, 0.4) is 0 Å². The zero-order chi connectivity index (χ0) is 21.6. The topological polar surface area (TPSA) is 66.2 Å². The summed E-state index contributed by atoms with van der Waals surface area (Å²) in [5, 5.41) is 7.09. The van der Waals surface area contributed by atoms with E-state index >= 15 is 0 Å². The molecule has 0 aliphatic carbocycles. The van der Waals surface area contributed by atoms with E-state index in [9.17, 15) is 22.4 Å². The number of fused-ring (bicyclic) bond motifs is 1. The van der Waals surface area contributed by atoms with Crippen LogP contribution in [0, 0.1) is 5.82 Å². The molecule has 0 spiro atoms. The van der Waals surface area contributed by atoms with Gasteiger partial charge in [0, 0.05) is 18.2 Å². The lowest BCUT2D eigenvalue weighted by atomic mass is 10.1. The van der Waals surface area contributed by atoms with E-state index in [-0.39, 0.29) is 11.5 Å². The van der Waals surface area contributed by atoms with Crippen LogP contribution in [0.2, 0.25) is 5.02 Å². The zero-order valence-electron chi connectivity index (χ0n) is 15.3. The molecule has 0 atom stereocenters. The van der Waals surface area contributed by atoms with Crippen LogP contribution in [-0.4, -0.2) is 28.1 Å². The van der Waals surface area contributed by atoms with Gasteiger partial charge in [-0.25, -0.2) is 13.9 Å². The third-order valence-corrected chi connectivity index (χ3v) is 4.46. The second-order valence-electron chi connectivity index (χ2n) is 6.56. The Morgan fingerprint density at radius 2 is 1.83 bits per heavy atom. The summed E-state index contributed by atoms with van der Waals surface area (Å²) in [6, 6.07) is 5.92. The number of hydrogen-bond acceptors (Lipinski definition) is 5. The summed E-state index contributed by atoms with van der Waals surface area (Å²) in [6.45, 7) is 3.15. The summed E-state index contributed by atoms with van der Waals surface area (Å²) in [5.74, 6) is -2.20. The van der Waals surface area contributed by atoms with E-state index in [0.717, 1.165) is 6.07 Å². The number of nitrogens with zero attached hydrogens (tertiary/aromatic N) is 3. The Balaban J connectivity index is 2.00. The Labute approximate surface area is 167 Å². The molecule has 1 heterocycles. The molecule has 0 aliphatic heterocycles. The van der Waals surface area contributed by atoms with E-state index in [1.807, 2.05) is 0 Å². The van der Waals surface area contributed by atoms with Gasteiger partial charge in [0.2, 0.25) is 0 Å². The average molecular weight is 432 g/mol. The maximum atomic E-state index is 13.9. The quantitative estimate of drug-likeness (QED) is 0.432. The average Bonchev–Trinajstić information content (AvgIpc) is 3.03. The lowest BCUT2D eigenvalue weighted by Gasteiger charge is -2.22. The second kappa shape index (κ2) is 7.18. The Kier molecular flexibility index (Phi) is 5.16. The number of halogens is 5. The number of esters is 1. The first-order valence-electron chi connectivity index (χ1n) is 8.13. The Bertz CT molecular complexity index is 1070. The molecule has 0 unspecified atom stereocenters. The van der Waals surface area contributed by atoms with E-state index in [2.05, 4.69) is 10.3 Å². The summed E-state index contributed by atoms with van der Waals surface area (Å²) in [4.78, 5) is 12.0. The Hall–Kier alpha value is -2.88. The summed E-state index contributed by atoms with van der Waals surface area (Å²) in [5.41, 5.74) is -1.92. The molecule has 154 valence electrons.